The summed E-state index contributed by atoms with van der Waals surface area (Å²) in [5, 5.41) is 6.73. The summed E-state index contributed by atoms with van der Waals surface area (Å²) in [4.78, 5) is 23.7. The van der Waals surface area contributed by atoms with Gasteiger partial charge in [-0.25, -0.2) is 14.4 Å². The van der Waals surface area contributed by atoms with E-state index in [1.807, 2.05) is 13.0 Å². The zero-order valence-corrected chi connectivity index (χ0v) is 20.4. The van der Waals surface area contributed by atoms with Crippen molar-refractivity contribution in [3.8, 4) is 5.75 Å². The molecule has 0 atom stereocenters. The minimum atomic E-state index is -0.500. The predicted octanol–water partition coefficient (Wildman–Crippen LogP) is 5.94. The van der Waals surface area contributed by atoms with Gasteiger partial charge in [-0.2, -0.15) is 0 Å². The van der Waals surface area contributed by atoms with Gasteiger partial charge in [0.2, 0.25) is 5.91 Å². The summed E-state index contributed by atoms with van der Waals surface area (Å²) >= 11 is 5.91. The lowest BCUT2D eigenvalue weighted by molar-refractivity contribution is -0.111. The number of nitrogens with one attached hydrogen (secondary N) is 2. The molecular formula is C26H29ClFN5O2. The van der Waals surface area contributed by atoms with E-state index in [0.717, 1.165) is 26.1 Å². The first kappa shape index (κ1) is 24.9. The van der Waals surface area contributed by atoms with Crippen LogP contribution < -0.4 is 15.4 Å². The highest BCUT2D eigenvalue weighted by Gasteiger charge is 2.14. The van der Waals surface area contributed by atoms with Crippen LogP contribution in [0.15, 0.2) is 48.8 Å². The summed E-state index contributed by atoms with van der Waals surface area (Å²) in [6.07, 6.45) is 9.52. The van der Waals surface area contributed by atoms with Crippen molar-refractivity contribution in [3.63, 3.8) is 0 Å². The molecule has 3 aromatic rings. The van der Waals surface area contributed by atoms with Gasteiger partial charge in [0, 0.05) is 23.7 Å². The van der Waals surface area contributed by atoms with Crippen LogP contribution in [-0.4, -0.2) is 47.0 Å². The number of amides is 1. The van der Waals surface area contributed by atoms with E-state index in [-0.39, 0.29) is 10.9 Å². The topological polar surface area (TPSA) is 79.4 Å². The zero-order valence-electron chi connectivity index (χ0n) is 19.7. The van der Waals surface area contributed by atoms with Crippen molar-refractivity contribution < 1.29 is 13.9 Å². The fraction of sp³-hybridized carbons (Fsp3) is 0.346. The minimum absolute atomic E-state index is 0.00650. The Kier molecular flexibility index (Phi) is 8.50. The Morgan fingerprint density at radius 3 is 2.80 bits per heavy atom. The van der Waals surface area contributed by atoms with Gasteiger partial charge in [-0.15, -0.1) is 0 Å². The summed E-state index contributed by atoms with van der Waals surface area (Å²) in [5.74, 6) is 0.276. The molecule has 0 spiro atoms. The maximum atomic E-state index is 13.5. The van der Waals surface area contributed by atoms with Crippen molar-refractivity contribution in [2.75, 3.05) is 36.9 Å². The molecule has 9 heteroatoms. The lowest BCUT2D eigenvalue weighted by atomic mass is 10.1. The number of fused-ring (bicyclic) bond motifs is 1. The molecular weight excluding hydrogens is 469 g/mol. The quantitative estimate of drug-likeness (QED) is 0.356. The molecule has 1 fully saturated rings. The number of ether oxygens (including phenoxy) is 1. The van der Waals surface area contributed by atoms with Crippen LogP contribution in [0, 0.1) is 5.82 Å². The summed E-state index contributed by atoms with van der Waals surface area (Å²) in [5.41, 5.74) is 1.72. The number of carbonyl (C=O) groups is 1. The van der Waals surface area contributed by atoms with Crippen molar-refractivity contribution in [1.29, 1.82) is 0 Å². The first-order valence-corrected chi connectivity index (χ1v) is 12.2. The van der Waals surface area contributed by atoms with Gasteiger partial charge in [-0.3, -0.25) is 4.79 Å². The van der Waals surface area contributed by atoms with E-state index >= 15 is 0 Å². The molecule has 35 heavy (non-hydrogen) atoms. The molecule has 1 aromatic heterocycles. The first-order chi connectivity index (χ1) is 17.0. The van der Waals surface area contributed by atoms with Gasteiger partial charge < -0.3 is 20.3 Å². The number of anilines is 3. The fourth-order valence-electron chi connectivity index (χ4n) is 4.07. The molecule has 7 nitrogen and oxygen atoms in total. The van der Waals surface area contributed by atoms with Crippen molar-refractivity contribution >= 4 is 45.6 Å². The molecule has 2 aromatic carbocycles. The van der Waals surface area contributed by atoms with Crippen LogP contribution >= 0.6 is 11.6 Å². The van der Waals surface area contributed by atoms with E-state index < -0.39 is 5.82 Å². The van der Waals surface area contributed by atoms with Crippen LogP contribution in [0.1, 0.15) is 32.6 Å². The highest BCUT2D eigenvalue weighted by molar-refractivity contribution is 6.31. The van der Waals surface area contributed by atoms with E-state index in [9.17, 15) is 9.18 Å². The van der Waals surface area contributed by atoms with E-state index in [4.69, 9.17) is 16.3 Å². The average molecular weight is 498 g/mol. The third-order valence-electron chi connectivity index (χ3n) is 5.81. The highest BCUT2D eigenvalue weighted by Crippen LogP contribution is 2.34. The molecule has 0 bridgehead atoms. The number of rotatable bonds is 9. The molecule has 0 saturated carbocycles. The van der Waals surface area contributed by atoms with Crippen molar-refractivity contribution in [1.82, 2.24) is 14.9 Å². The van der Waals surface area contributed by atoms with Gasteiger partial charge in [0.1, 0.15) is 23.7 Å². The normalized spacial score (nSPS) is 14.4. The molecule has 2 N–H and O–H groups in total. The molecule has 1 aliphatic heterocycles. The predicted molar refractivity (Wildman–Crippen MR) is 138 cm³/mol. The molecule has 1 saturated heterocycles. The first-order valence-electron chi connectivity index (χ1n) is 11.9. The van der Waals surface area contributed by atoms with E-state index in [0.29, 0.717) is 40.5 Å². The molecule has 184 valence electrons. The van der Waals surface area contributed by atoms with Crippen LogP contribution in [-0.2, 0) is 4.79 Å². The van der Waals surface area contributed by atoms with Crippen LogP contribution in [0.5, 0.6) is 5.75 Å². The van der Waals surface area contributed by atoms with Crippen LogP contribution in [0.2, 0.25) is 5.02 Å². The molecule has 4 rings (SSSR count). The number of piperidine rings is 1. The number of benzene rings is 2. The zero-order chi connectivity index (χ0) is 24.6. The number of carbonyl (C=O) groups excluding carboxylic acids is 1. The fourth-order valence-corrected chi connectivity index (χ4v) is 4.25. The standard InChI is InChI=1S/C26H29ClFN5O2/c1-2-35-24-16-22-19(26(30-17-29-22)31-18-9-10-21(28)20(27)14-18)15-23(24)32-25(34)8-4-7-13-33-11-5-3-6-12-33/h4,8-10,14-17H,2-3,5-7,11-13H2,1H3,(H,32,34)(H,29,30,31)/b8-4+. The molecule has 0 radical (unpaired) electrons. The van der Waals surface area contributed by atoms with Crippen molar-refractivity contribution in [3.05, 3.63) is 59.7 Å². The van der Waals surface area contributed by atoms with E-state index in [1.165, 1.54) is 37.7 Å². The molecule has 2 heterocycles. The van der Waals surface area contributed by atoms with Gasteiger partial charge in [0.05, 0.1) is 22.8 Å². The monoisotopic (exact) mass is 497 g/mol. The smallest absolute Gasteiger partial charge is 0.248 e. The molecule has 0 unspecified atom stereocenters. The lowest BCUT2D eigenvalue weighted by Gasteiger charge is -2.25. The van der Waals surface area contributed by atoms with Crippen molar-refractivity contribution in [2.24, 2.45) is 0 Å². The number of halogens is 2. The summed E-state index contributed by atoms with van der Waals surface area (Å²) < 4.78 is 19.3. The SMILES string of the molecule is CCOc1cc2ncnc(Nc3ccc(F)c(Cl)c3)c2cc1NC(=O)/C=C/CCN1CCCCC1. The van der Waals surface area contributed by atoms with Crippen LogP contribution in [0.25, 0.3) is 10.9 Å². The van der Waals surface area contributed by atoms with Gasteiger partial charge in [0.25, 0.3) is 0 Å². The Labute approximate surface area is 209 Å². The number of nitrogens with zero attached hydrogens (tertiary/aromatic N) is 3. The maximum Gasteiger partial charge on any atom is 0.248 e. The summed E-state index contributed by atoms with van der Waals surface area (Å²) in [6.45, 7) is 5.55. The van der Waals surface area contributed by atoms with Crippen molar-refractivity contribution in [2.45, 2.75) is 32.6 Å². The Balaban J connectivity index is 1.52. The average Bonchev–Trinajstić information content (AvgIpc) is 2.86. The van der Waals surface area contributed by atoms with Gasteiger partial charge in [-0.1, -0.05) is 24.1 Å². The second-order valence-corrected chi connectivity index (χ2v) is 8.76. The third-order valence-corrected chi connectivity index (χ3v) is 6.10. The molecule has 0 aliphatic carbocycles. The van der Waals surface area contributed by atoms with Gasteiger partial charge in [-0.05, 0) is 69.6 Å². The maximum absolute atomic E-state index is 13.5. The van der Waals surface area contributed by atoms with Gasteiger partial charge >= 0.3 is 0 Å². The van der Waals surface area contributed by atoms with Crippen LogP contribution in [0.3, 0.4) is 0 Å². The lowest BCUT2D eigenvalue weighted by Crippen LogP contribution is -2.30. The van der Waals surface area contributed by atoms with Crippen LogP contribution in [0.4, 0.5) is 21.6 Å². The summed E-state index contributed by atoms with van der Waals surface area (Å²) in [7, 11) is 0. The molecule has 1 aliphatic rings. The Morgan fingerprint density at radius 2 is 2.03 bits per heavy atom. The number of aromatic nitrogens is 2. The van der Waals surface area contributed by atoms with E-state index in [2.05, 4.69) is 25.5 Å². The highest BCUT2D eigenvalue weighted by atomic mass is 35.5. The minimum Gasteiger partial charge on any atom is -0.492 e. The second-order valence-electron chi connectivity index (χ2n) is 8.36. The number of hydrogen-bond acceptors (Lipinski definition) is 6. The Bertz CT molecular complexity index is 1210. The second kappa shape index (κ2) is 12.0. The largest absolute Gasteiger partial charge is 0.492 e. The Hall–Kier alpha value is -3.23. The number of hydrogen-bond donors (Lipinski definition) is 2. The Morgan fingerprint density at radius 1 is 1.20 bits per heavy atom. The van der Waals surface area contributed by atoms with E-state index in [1.54, 1.807) is 24.3 Å². The molecule has 1 amide bonds. The third kappa shape index (κ3) is 6.68. The number of likely N-dealkylation sites (tertiary alicyclic amines) is 1. The van der Waals surface area contributed by atoms with Gasteiger partial charge in [0.15, 0.2) is 0 Å². The summed E-state index contributed by atoms with van der Waals surface area (Å²) in [6, 6.07) is 7.87.